The maximum Gasteiger partial charge on any atom is -0.0329 e. The van der Waals surface area contributed by atoms with Crippen molar-refractivity contribution in [3.63, 3.8) is 0 Å². The molecule has 0 heteroatoms. The van der Waals surface area contributed by atoms with E-state index >= 15 is 0 Å². The summed E-state index contributed by atoms with van der Waals surface area (Å²) in [5.74, 6) is 12.1. The fourth-order valence-electron chi connectivity index (χ4n) is 9.82. The average molecular weight is 443 g/mol. The van der Waals surface area contributed by atoms with Gasteiger partial charge in [-0.25, -0.2) is 0 Å². The summed E-state index contributed by atoms with van der Waals surface area (Å²) < 4.78 is 0. The van der Waals surface area contributed by atoms with E-state index in [4.69, 9.17) is 0 Å². The Balaban J connectivity index is 1.59. The summed E-state index contributed by atoms with van der Waals surface area (Å²) >= 11 is 0. The van der Waals surface area contributed by atoms with E-state index in [0.717, 1.165) is 71.0 Å². The molecule has 7 unspecified atom stereocenters. The first-order valence-electron chi connectivity index (χ1n) is 15.3. The quantitative estimate of drug-likeness (QED) is 0.384. The molecule has 0 aliphatic heterocycles. The highest BCUT2D eigenvalue weighted by atomic mass is 14.5. The van der Waals surface area contributed by atoms with Crippen molar-refractivity contribution in [3.8, 4) is 0 Å². The van der Waals surface area contributed by atoms with E-state index in [-0.39, 0.29) is 0 Å². The number of hydrogen-bond acceptors (Lipinski definition) is 0. The van der Waals surface area contributed by atoms with Crippen molar-refractivity contribution in [3.05, 3.63) is 0 Å². The average Bonchev–Trinajstić information content (AvgIpc) is 3.33. The van der Waals surface area contributed by atoms with E-state index in [9.17, 15) is 0 Å². The minimum Gasteiger partial charge on any atom is -0.0628 e. The predicted molar refractivity (Wildman–Crippen MR) is 141 cm³/mol. The van der Waals surface area contributed by atoms with Gasteiger partial charge in [0.25, 0.3) is 0 Å². The van der Waals surface area contributed by atoms with Crippen LogP contribution in [0.2, 0.25) is 0 Å². The fourth-order valence-corrected chi connectivity index (χ4v) is 9.82. The largest absolute Gasteiger partial charge is 0.0628 e. The summed E-state index contributed by atoms with van der Waals surface area (Å²) in [7, 11) is 0. The number of fused-ring (bicyclic) bond motifs is 4. The zero-order valence-electron chi connectivity index (χ0n) is 22.8. The lowest BCUT2D eigenvalue weighted by atomic mass is 9.64. The smallest absolute Gasteiger partial charge is 0.0329 e. The third-order valence-corrected chi connectivity index (χ3v) is 11.4. The molecule has 4 fully saturated rings. The van der Waals surface area contributed by atoms with Gasteiger partial charge in [0.2, 0.25) is 0 Å². The standard InChI is InChI=1S/C32H58/c1-21(2)10-12-27-14-16-29-19-25-8-7-9-26(18-25)20-30-17-15-28(13-11-22(3)4)32(30)24(6)23(5)31(27)29/h21-32H,7-20H2,1-6H3/t23-,24?,25?,26?,27?,28?,29+,30-,31?,32?/m0/s1. The van der Waals surface area contributed by atoms with Gasteiger partial charge >= 0.3 is 0 Å². The zero-order chi connectivity index (χ0) is 22.8. The SMILES string of the molecule is CC(C)CCC1CC[C@H]2CC3CCCC(C3)C[C@H]3CCC(CCC(C)C)C3[C@@H](C)C(C)C12. The van der Waals surface area contributed by atoms with Crippen molar-refractivity contribution < 1.29 is 0 Å². The van der Waals surface area contributed by atoms with Crippen LogP contribution in [0.4, 0.5) is 0 Å². The second kappa shape index (κ2) is 11.2. The summed E-state index contributed by atoms with van der Waals surface area (Å²) in [6.07, 6.45) is 21.7. The molecule has 0 aromatic heterocycles. The van der Waals surface area contributed by atoms with Crippen LogP contribution in [0.15, 0.2) is 0 Å². The molecule has 0 spiro atoms. The Bertz CT molecular complexity index is 512. The monoisotopic (exact) mass is 442 g/mol. The zero-order valence-corrected chi connectivity index (χ0v) is 22.8. The van der Waals surface area contributed by atoms with E-state index in [1.54, 1.807) is 64.2 Å². The van der Waals surface area contributed by atoms with E-state index in [2.05, 4.69) is 41.5 Å². The second-order valence-electron chi connectivity index (χ2n) is 14.4. The van der Waals surface area contributed by atoms with Gasteiger partial charge in [-0.15, -0.1) is 0 Å². The highest BCUT2D eigenvalue weighted by Gasteiger charge is 2.48. The maximum absolute atomic E-state index is 2.74. The summed E-state index contributed by atoms with van der Waals surface area (Å²) in [6.45, 7) is 15.3. The Morgan fingerprint density at radius 2 is 1.00 bits per heavy atom. The van der Waals surface area contributed by atoms with Gasteiger partial charge in [-0.05, 0) is 129 Å². The normalized spacial score (nSPS) is 45.0. The lowest BCUT2D eigenvalue weighted by Gasteiger charge is -2.41. The van der Waals surface area contributed by atoms with Crippen LogP contribution in [0, 0.1) is 71.0 Å². The predicted octanol–water partition coefficient (Wildman–Crippen LogP) is 10.0. The summed E-state index contributed by atoms with van der Waals surface area (Å²) in [4.78, 5) is 0. The van der Waals surface area contributed by atoms with Crippen LogP contribution < -0.4 is 0 Å². The van der Waals surface area contributed by atoms with Crippen molar-refractivity contribution in [2.75, 3.05) is 0 Å². The molecule has 0 amide bonds. The van der Waals surface area contributed by atoms with Crippen LogP contribution in [-0.2, 0) is 0 Å². The topological polar surface area (TPSA) is 0 Å². The van der Waals surface area contributed by atoms with E-state index < -0.39 is 0 Å². The van der Waals surface area contributed by atoms with E-state index in [1.165, 1.54) is 25.7 Å². The van der Waals surface area contributed by atoms with Gasteiger partial charge < -0.3 is 0 Å². The molecule has 4 rings (SSSR count). The van der Waals surface area contributed by atoms with Crippen LogP contribution in [0.5, 0.6) is 0 Å². The second-order valence-corrected chi connectivity index (χ2v) is 14.4. The third kappa shape index (κ3) is 5.79. The van der Waals surface area contributed by atoms with E-state index in [0.29, 0.717) is 0 Å². The Kier molecular flexibility index (Phi) is 8.75. The highest BCUT2D eigenvalue weighted by Crippen LogP contribution is 2.56. The van der Waals surface area contributed by atoms with Gasteiger partial charge in [-0.2, -0.15) is 0 Å². The molecule has 32 heavy (non-hydrogen) atoms. The molecule has 0 saturated heterocycles. The van der Waals surface area contributed by atoms with Gasteiger partial charge in [-0.3, -0.25) is 0 Å². The van der Waals surface area contributed by atoms with Crippen molar-refractivity contribution in [1.29, 1.82) is 0 Å². The molecule has 4 saturated carbocycles. The van der Waals surface area contributed by atoms with Crippen molar-refractivity contribution in [2.24, 2.45) is 71.0 Å². The maximum atomic E-state index is 2.74. The molecule has 2 bridgehead atoms. The minimum absolute atomic E-state index is 0.878. The minimum atomic E-state index is 0.878. The Hall–Kier alpha value is 0. The van der Waals surface area contributed by atoms with Crippen molar-refractivity contribution >= 4 is 0 Å². The molecule has 0 nitrogen and oxygen atoms in total. The van der Waals surface area contributed by atoms with Gasteiger partial charge in [-0.1, -0.05) is 73.6 Å². The van der Waals surface area contributed by atoms with Crippen LogP contribution in [0.3, 0.4) is 0 Å². The van der Waals surface area contributed by atoms with Crippen LogP contribution in [0.25, 0.3) is 0 Å². The van der Waals surface area contributed by atoms with Crippen molar-refractivity contribution in [1.82, 2.24) is 0 Å². The van der Waals surface area contributed by atoms with Gasteiger partial charge in [0.15, 0.2) is 0 Å². The molecule has 0 N–H and O–H groups in total. The molecular formula is C32H58. The van der Waals surface area contributed by atoms with Crippen LogP contribution >= 0.6 is 0 Å². The van der Waals surface area contributed by atoms with Gasteiger partial charge in [0.1, 0.15) is 0 Å². The molecule has 186 valence electrons. The third-order valence-electron chi connectivity index (χ3n) is 11.4. The first-order chi connectivity index (χ1) is 15.3. The molecule has 0 radical (unpaired) electrons. The van der Waals surface area contributed by atoms with Crippen LogP contribution in [-0.4, -0.2) is 0 Å². The van der Waals surface area contributed by atoms with E-state index in [1.807, 2.05) is 0 Å². The molecule has 0 aromatic rings. The fraction of sp³-hybridized carbons (Fsp3) is 1.00. The number of hydrogen-bond donors (Lipinski definition) is 0. The lowest BCUT2D eigenvalue weighted by Crippen LogP contribution is -2.35. The molecule has 0 aromatic carbocycles. The summed E-state index contributed by atoms with van der Waals surface area (Å²) in [5, 5.41) is 0. The Morgan fingerprint density at radius 3 is 1.41 bits per heavy atom. The molecule has 10 atom stereocenters. The highest BCUT2D eigenvalue weighted by molar-refractivity contribution is 4.97. The van der Waals surface area contributed by atoms with Gasteiger partial charge in [0, 0.05) is 0 Å². The lowest BCUT2D eigenvalue weighted by molar-refractivity contribution is 0.0763. The Morgan fingerprint density at radius 1 is 0.562 bits per heavy atom. The summed E-state index contributed by atoms with van der Waals surface area (Å²) in [6, 6.07) is 0. The molecule has 4 aliphatic carbocycles. The first kappa shape index (κ1) is 25.1. The molecule has 0 heterocycles. The van der Waals surface area contributed by atoms with Crippen molar-refractivity contribution in [2.45, 2.75) is 131 Å². The molecular weight excluding hydrogens is 384 g/mol. The summed E-state index contributed by atoms with van der Waals surface area (Å²) in [5.41, 5.74) is 0. The number of rotatable bonds is 6. The van der Waals surface area contributed by atoms with Gasteiger partial charge in [0.05, 0.1) is 0 Å². The Labute approximate surface area is 202 Å². The first-order valence-corrected chi connectivity index (χ1v) is 15.3. The van der Waals surface area contributed by atoms with Crippen LogP contribution in [0.1, 0.15) is 131 Å². The molecule has 4 aliphatic rings.